The molecule has 0 aliphatic carbocycles. The number of ether oxygens (including phenoxy) is 1. The van der Waals surface area contributed by atoms with Gasteiger partial charge in [-0.3, -0.25) is 4.79 Å². The Bertz CT molecular complexity index is 1110. The SMILES string of the molecule is COc1ccc2c(ccn2CCC(=O)N[C@H](c2nc3ccccc3[nH]2)C(C)C)c1. The predicted molar refractivity (Wildman–Crippen MR) is 115 cm³/mol. The van der Waals surface area contributed by atoms with Gasteiger partial charge in [0, 0.05) is 30.1 Å². The van der Waals surface area contributed by atoms with Crippen molar-refractivity contribution >= 4 is 27.8 Å². The van der Waals surface area contributed by atoms with Crippen LogP contribution in [0.1, 0.15) is 32.1 Å². The molecule has 2 heterocycles. The number of para-hydroxylation sites is 2. The van der Waals surface area contributed by atoms with E-state index in [-0.39, 0.29) is 17.9 Å². The van der Waals surface area contributed by atoms with Gasteiger partial charge in [-0.15, -0.1) is 0 Å². The van der Waals surface area contributed by atoms with E-state index in [0.717, 1.165) is 33.5 Å². The highest BCUT2D eigenvalue weighted by Gasteiger charge is 2.21. The third kappa shape index (κ3) is 3.97. The minimum absolute atomic E-state index is 0.0134. The number of carbonyl (C=O) groups is 1. The highest BCUT2D eigenvalue weighted by molar-refractivity contribution is 5.82. The lowest BCUT2D eigenvalue weighted by molar-refractivity contribution is -0.122. The summed E-state index contributed by atoms with van der Waals surface area (Å²) in [6.07, 6.45) is 2.41. The van der Waals surface area contributed by atoms with E-state index in [1.165, 1.54) is 0 Å². The first-order valence-electron chi connectivity index (χ1n) is 9.92. The first-order valence-corrected chi connectivity index (χ1v) is 9.92. The monoisotopic (exact) mass is 390 g/mol. The van der Waals surface area contributed by atoms with Gasteiger partial charge in [-0.05, 0) is 42.3 Å². The molecule has 0 radical (unpaired) electrons. The van der Waals surface area contributed by atoms with E-state index in [4.69, 9.17) is 4.74 Å². The van der Waals surface area contributed by atoms with Gasteiger partial charge in [0.25, 0.3) is 0 Å². The molecule has 29 heavy (non-hydrogen) atoms. The zero-order chi connectivity index (χ0) is 20.4. The molecule has 0 saturated heterocycles. The van der Waals surface area contributed by atoms with Crippen LogP contribution in [-0.2, 0) is 11.3 Å². The summed E-state index contributed by atoms with van der Waals surface area (Å²) in [6, 6.07) is 15.8. The number of benzene rings is 2. The van der Waals surface area contributed by atoms with Crippen LogP contribution < -0.4 is 10.1 Å². The number of H-pyrrole nitrogens is 1. The number of nitrogens with zero attached hydrogens (tertiary/aromatic N) is 2. The Morgan fingerprint density at radius 2 is 2.03 bits per heavy atom. The molecule has 6 heteroatoms. The van der Waals surface area contributed by atoms with Gasteiger partial charge in [0.1, 0.15) is 11.6 Å². The van der Waals surface area contributed by atoms with Gasteiger partial charge in [-0.1, -0.05) is 26.0 Å². The molecule has 0 bridgehead atoms. The number of hydrogen-bond acceptors (Lipinski definition) is 3. The van der Waals surface area contributed by atoms with Crippen molar-refractivity contribution in [3.05, 3.63) is 60.6 Å². The van der Waals surface area contributed by atoms with Gasteiger partial charge in [0.2, 0.25) is 5.91 Å². The molecule has 2 N–H and O–H groups in total. The van der Waals surface area contributed by atoms with E-state index in [1.54, 1.807) is 7.11 Å². The van der Waals surface area contributed by atoms with Crippen molar-refractivity contribution in [3.63, 3.8) is 0 Å². The number of aromatic amines is 1. The number of nitrogens with one attached hydrogen (secondary N) is 2. The first kappa shape index (κ1) is 19.1. The number of carbonyl (C=O) groups excluding carboxylic acids is 1. The van der Waals surface area contributed by atoms with Crippen LogP contribution >= 0.6 is 0 Å². The topological polar surface area (TPSA) is 71.9 Å². The summed E-state index contributed by atoms with van der Waals surface area (Å²) in [6.45, 7) is 4.79. The quantitative estimate of drug-likeness (QED) is 0.490. The van der Waals surface area contributed by atoms with E-state index in [0.29, 0.717) is 13.0 Å². The molecule has 4 rings (SSSR count). The number of amides is 1. The number of methoxy groups -OCH3 is 1. The molecule has 0 saturated carbocycles. The Hall–Kier alpha value is -3.28. The third-order valence-corrected chi connectivity index (χ3v) is 5.24. The lowest BCUT2D eigenvalue weighted by Crippen LogP contribution is -2.33. The summed E-state index contributed by atoms with van der Waals surface area (Å²) in [4.78, 5) is 20.7. The van der Waals surface area contributed by atoms with Crippen molar-refractivity contribution in [3.8, 4) is 5.75 Å². The van der Waals surface area contributed by atoms with Gasteiger partial charge < -0.3 is 19.6 Å². The molecular weight excluding hydrogens is 364 g/mol. The standard InChI is InChI=1S/C23H26N4O2/c1-15(2)22(23-24-18-6-4-5-7-19(18)25-23)26-21(28)11-13-27-12-10-16-14-17(29-3)8-9-20(16)27/h4-10,12,14-15,22H,11,13H2,1-3H3,(H,24,25)(H,26,28)/t22-/m0/s1. The van der Waals surface area contributed by atoms with Crippen molar-refractivity contribution < 1.29 is 9.53 Å². The summed E-state index contributed by atoms with van der Waals surface area (Å²) >= 11 is 0. The minimum atomic E-state index is -0.152. The summed E-state index contributed by atoms with van der Waals surface area (Å²) in [5, 5.41) is 4.26. The molecule has 0 unspecified atom stereocenters. The molecule has 1 atom stereocenters. The molecule has 6 nitrogen and oxygen atoms in total. The van der Waals surface area contributed by atoms with E-state index < -0.39 is 0 Å². The van der Waals surface area contributed by atoms with Crippen LogP contribution in [0.25, 0.3) is 21.9 Å². The van der Waals surface area contributed by atoms with Crippen LogP contribution in [0, 0.1) is 5.92 Å². The Morgan fingerprint density at radius 3 is 2.79 bits per heavy atom. The van der Waals surface area contributed by atoms with Gasteiger partial charge >= 0.3 is 0 Å². The smallest absolute Gasteiger partial charge is 0.222 e. The van der Waals surface area contributed by atoms with E-state index in [2.05, 4.69) is 33.7 Å². The summed E-state index contributed by atoms with van der Waals surface area (Å²) in [5.41, 5.74) is 2.99. The Labute approximate surface area is 169 Å². The normalized spacial score (nSPS) is 12.6. The molecule has 0 spiro atoms. The Kier molecular flexibility index (Phi) is 5.25. The summed E-state index contributed by atoms with van der Waals surface area (Å²) in [5.74, 6) is 1.87. The van der Waals surface area contributed by atoms with Crippen LogP contribution in [0.4, 0.5) is 0 Å². The lowest BCUT2D eigenvalue weighted by atomic mass is 10.0. The van der Waals surface area contributed by atoms with Gasteiger partial charge in [0.15, 0.2) is 0 Å². The van der Waals surface area contributed by atoms with Gasteiger partial charge in [-0.2, -0.15) is 0 Å². The maximum absolute atomic E-state index is 12.7. The second kappa shape index (κ2) is 7.99. The maximum Gasteiger partial charge on any atom is 0.222 e. The molecule has 0 aliphatic heterocycles. The van der Waals surface area contributed by atoms with Crippen molar-refractivity contribution in [1.82, 2.24) is 19.9 Å². The largest absolute Gasteiger partial charge is 0.497 e. The second-order valence-electron chi connectivity index (χ2n) is 7.61. The first-order chi connectivity index (χ1) is 14.0. The van der Waals surface area contributed by atoms with Gasteiger partial charge in [0.05, 0.1) is 24.2 Å². The molecule has 150 valence electrons. The number of hydrogen-bond donors (Lipinski definition) is 2. The lowest BCUT2D eigenvalue weighted by Gasteiger charge is -2.20. The highest BCUT2D eigenvalue weighted by Crippen LogP contribution is 2.24. The zero-order valence-electron chi connectivity index (χ0n) is 17.0. The third-order valence-electron chi connectivity index (χ3n) is 5.24. The van der Waals surface area contributed by atoms with Crippen LogP contribution in [-0.4, -0.2) is 27.6 Å². The van der Waals surface area contributed by atoms with Crippen LogP contribution in [0.15, 0.2) is 54.7 Å². The predicted octanol–water partition coefficient (Wildman–Crippen LogP) is 4.43. The molecule has 0 aliphatic rings. The van der Waals surface area contributed by atoms with Crippen LogP contribution in [0.3, 0.4) is 0 Å². The fraction of sp³-hybridized carbons (Fsp3) is 0.304. The van der Waals surface area contributed by atoms with Crippen LogP contribution in [0.2, 0.25) is 0 Å². The zero-order valence-corrected chi connectivity index (χ0v) is 17.0. The second-order valence-corrected chi connectivity index (χ2v) is 7.61. The fourth-order valence-corrected chi connectivity index (χ4v) is 3.64. The number of rotatable bonds is 7. The average Bonchev–Trinajstić information content (AvgIpc) is 3.33. The Morgan fingerprint density at radius 1 is 1.21 bits per heavy atom. The van der Waals surface area contributed by atoms with E-state index in [1.807, 2.05) is 54.7 Å². The molecule has 0 fully saturated rings. The van der Waals surface area contributed by atoms with Crippen molar-refractivity contribution in [2.45, 2.75) is 32.9 Å². The summed E-state index contributed by atoms with van der Waals surface area (Å²) in [7, 11) is 1.66. The fourth-order valence-electron chi connectivity index (χ4n) is 3.64. The molecular formula is C23H26N4O2. The van der Waals surface area contributed by atoms with Crippen molar-refractivity contribution in [1.29, 1.82) is 0 Å². The minimum Gasteiger partial charge on any atom is -0.497 e. The van der Waals surface area contributed by atoms with Crippen molar-refractivity contribution in [2.75, 3.05) is 7.11 Å². The van der Waals surface area contributed by atoms with Crippen LogP contribution in [0.5, 0.6) is 5.75 Å². The molecule has 1 amide bonds. The molecule has 2 aromatic carbocycles. The number of imidazole rings is 1. The molecule has 4 aromatic rings. The number of aromatic nitrogens is 3. The van der Waals surface area contributed by atoms with Crippen molar-refractivity contribution in [2.24, 2.45) is 5.92 Å². The van der Waals surface area contributed by atoms with Gasteiger partial charge in [-0.25, -0.2) is 4.98 Å². The van der Waals surface area contributed by atoms with E-state index >= 15 is 0 Å². The average molecular weight is 390 g/mol. The highest BCUT2D eigenvalue weighted by atomic mass is 16.5. The van der Waals surface area contributed by atoms with E-state index in [9.17, 15) is 4.79 Å². The number of fused-ring (bicyclic) bond motifs is 2. The maximum atomic E-state index is 12.7. The number of aryl methyl sites for hydroxylation is 1. The Balaban J connectivity index is 1.45. The molecule has 2 aromatic heterocycles. The summed E-state index contributed by atoms with van der Waals surface area (Å²) < 4.78 is 7.37.